The number of hydrogen-bond donors (Lipinski definition) is 2. The summed E-state index contributed by atoms with van der Waals surface area (Å²) in [5.41, 5.74) is 6.96. The van der Waals surface area contributed by atoms with Gasteiger partial charge in [-0.1, -0.05) is 6.07 Å². The van der Waals surface area contributed by atoms with E-state index in [1.54, 1.807) is 12.1 Å². The van der Waals surface area contributed by atoms with Crippen LogP contribution < -0.4 is 11.1 Å². The molecular weight excluding hydrogens is 280 g/mol. The van der Waals surface area contributed by atoms with E-state index in [0.29, 0.717) is 13.1 Å². The molecule has 0 spiro atoms. The van der Waals surface area contributed by atoms with Crippen molar-refractivity contribution >= 4 is 15.9 Å². The van der Waals surface area contributed by atoms with Crippen LogP contribution in [0.1, 0.15) is 0 Å². The van der Waals surface area contributed by atoms with E-state index in [9.17, 15) is 13.2 Å². The van der Waals surface area contributed by atoms with Crippen molar-refractivity contribution in [2.24, 2.45) is 5.73 Å². The fourth-order valence-electron chi connectivity index (χ4n) is 2.66. The molecule has 1 atom stereocenters. The summed E-state index contributed by atoms with van der Waals surface area (Å²) < 4.78 is 25.4. The molecular formula is C12H14N4O3S. The number of amides is 2. The molecule has 2 aliphatic rings. The van der Waals surface area contributed by atoms with Crippen molar-refractivity contribution in [3.8, 4) is 0 Å². The Hall–Kier alpha value is -1.93. The number of urea groups is 1. The van der Waals surface area contributed by atoms with Gasteiger partial charge in [-0.3, -0.25) is 4.90 Å². The smallest absolute Gasteiger partial charge is 0.316 e. The molecule has 1 aromatic rings. The summed E-state index contributed by atoms with van der Waals surface area (Å²) in [4.78, 5) is 16.6. The molecule has 0 fully saturated rings. The zero-order valence-electron chi connectivity index (χ0n) is 10.6. The Labute approximate surface area is 116 Å². The minimum atomic E-state index is -3.77. The van der Waals surface area contributed by atoms with Crippen molar-refractivity contribution in [3.05, 3.63) is 35.5 Å². The Balaban J connectivity index is 2.08. The first-order valence-corrected chi connectivity index (χ1v) is 7.69. The predicted octanol–water partition coefficient (Wildman–Crippen LogP) is -0.524. The number of nitrogens with zero attached hydrogens (tertiary/aromatic N) is 2. The Bertz CT molecular complexity index is 684. The van der Waals surface area contributed by atoms with E-state index < -0.39 is 21.2 Å². The normalized spacial score (nSPS) is 22.2. The van der Waals surface area contributed by atoms with Crippen molar-refractivity contribution in [2.75, 3.05) is 19.6 Å². The van der Waals surface area contributed by atoms with E-state index in [-0.39, 0.29) is 11.6 Å². The fourth-order valence-corrected chi connectivity index (χ4v) is 4.50. The van der Waals surface area contributed by atoms with Crippen molar-refractivity contribution in [1.29, 1.82) is 0 Å². The lowest BCUT2D eigenvalue weighted by Gasteiger charge is -2.25. The molecule has 0 aliphatic carbocycles. The van der Waals surface area contributed by atoms with Crippen LogP contribution in [0.5, 0.6) is 0 Å². The van der Waals surface area contributed by atoms with Gasteiger partial charge in [-0.25, -0.2) is 18.2 Å². The van der Waals surface area contributed by atoms with Crippen LogP contribution >= 0.6 is 0 Å². The number of aromatic nitrogens is 1. The molecule has 3 N–H and O–H groups in total. The molecule has 20 heavy (non-hydrogen) atoms. The number of nitrogens with two attached hydrogens (primary N) is 1. The third-order valence-electron chi connectivity index (χ3n) is 3.56. The van der Waals surface area contributed by atoms with Crippen molar-refractivity contribution in [2.45, 2.75) is 10.4 Å². The van der Waals surface area contributed by atoms with Crippen molar-refractivity contribution in [3.63, 3.8) is 0 Å². The van der Waals surface area contributed by atoms with Gasteiger partial charge >= 0.3 is 6.03 Å². The molecule has 1 aromatic heterocycles. The van der Waals surface area contributed by atoms with Crippen LogP contribution in [0, 0.1) is 0 Å². The molecule has 8 heteroatoms. The summed E-state index contributed by atoms with van der Waals surface area (Å²) in [6.07, 6.45) is 1.42. The molecule has 106 valence electrons. The maximum absolute atomic E-state index is 12.7. The van der Waals surface area contributed by atoms with Crippen LogP contribution in [-0.2, 0) is 9.84 Å². The third kappa shape index (κ3) is 1.88. The van der Waals surface area contributed by atoms with E-state index in [4.69, 9.17) is 5.73 Å². The molecule has 3 rings (SSSR count). The minimum absolute atomic E-state index is 0.0445. The zero-order valence-corrected chi connectivity index (χ0v) is 11.4. The number of nitrogens with one attached hydrogen (secondary N) is 1. The lowest BCUT2D eigenvalue weighted by molar-refractivity contribution is 0.213. The first-order chi connectivity index (χ1) is 9.51. The first kappa shape index (κ1) is 13.1. The van der Waals surface area contributed by atoms with Gasteiger partial charge in [0.1, 0.15) is 0 Å². The summed E-state index contributed by atoms with van der Waals surface area (Å²) in [6.45, 7) is 1.30. The van der Waals surface area contributed by atoms with Crippen LogP contribution in [0.4, 0.5) is 4.79 Å². The van der Waals surface area contributed by atoms with Crippen LogP contribution in [0.15, 0.2) is 40.6 Å². The molecule has 0 aromatic carbocycles. The molecule has 1 unspecified atom stereocenters. The largest absolute Gasteiger partial charge is 0.351 e. The standard InChI is InChI=1S/C12H14N4O3S/c13-12(17)16-7-8-5-14-6-9(8)11(16)20(18,19)10-3-1-2-4-15-10/h1-4,11,14H,5-7H2,(H2,13,17). The maximum Gasteiger partial charge on any atom is 0.316 e. The number of sulfone groups is 1. The summed E-state index contributed by atoms with van der Waals surface area (Å²) in [5, 5.41) is 2.01. The van der Waals surface area contributed by atoms with Gasteiger partial charge in [-0.2, -0.15) is 0 Å². The summed E-state index contributed by atoms with van der Waals surface area (Å²) in [7, 11) is -3.77. The number of hydrogen-bond acceptors (Lipinski definition) is 5. The van der Waals surface area contributed by atoms with Gasteiger partial charge in [0.2, 0.25) is 9.84 Å². The Morgan fingerprint density at radius 3 is 2.85 bits per heavy atom. The predicted molar refractivity (Wildman–Crippen MR) is 71.4 cm³/mol. The number of pyridine rings is 1. The van der Waals surface area contributed by atoms with E-state index in [1.807, 2.05) is 0 Å². The summed E-state index contributed by atoms with van der Waals surface area (Å²) in [6, 6.07) is 3.94. The first-order valence-electron chi connectivity index (χ1n) is 6.14. The highest BCUT2D eigenvalue weighted by molar-refractivity contribution is 7.92. The molecule has 2 amide bonds. The lowest BCUT2D eigenvalue weighted by atomic mass is 10.2. The van der Waals surface area contributed by atoms with Gasteiger partial charge < -0.3 is 11.1 Å². The van der Waals surface area contributed by atoms with Crippen LogP contribution in [0.25, 0.3) is 0 Å². The van der Waals surface area contributed by atoms with E-state index in [2.05, 4.69) is 10.3 Å². The topological polar surface area (TPSA) is 105 Å². The second-order valence-electron chi connectivity index (χ2n) is 4.76. The fraction of sp³-hybridized carbons (Fsp3) is 0.333. The average Bonchev–Trinajstić information content (AvgIpc) is 2.99. The molecule has 3 heterocycles. The quantitative estimate of drug-likeness (QED) is 0.714. The Kier molecular flexibility index (Phi) is 2.98. The zero-order chi connectivity index (χ0) is 14.3. The van der Waals surface area contributed by atoms with Gasteiger partial charge in [0.25, 0.3) is 0 Å². The average molecular weight is 294 g/mol. The van der Waals surface area contributed by atoms with Crippen LogP contribution in [-0.4, -0.2) is 49.3 Å². The highest BCUT2D eigenvalue weighted by Gasteiger charge is 2.45. The minimum Gasteiger partial charge on any atom is -0.351 e. The molecule has 0 bridgehead atoms. The monoisotopic (exact) mass is 294 g/mol. The second kappa shape index (κ2) is 4.57. The Morgan fingerprint density at radius 2 is 2.20 bits per heavy atom. The van der Waals surface area contributed by atoms with Gasteiger partial charge in [-0.05, 0) is 23.3 Å². The highest BCUT2D eigenvalue weighted by Crippen LogP contribution is 2.33. The second-order valence-corrected chi connectivity index (χ2v) is 6.72. The number of primary amides is 1. The van der Waals surface area contributed by atoms with E-state index in [1.165, 1.54) is 17.2 Å². The van der Waals surface area contributed by atoms with Gasteiger partial charge in [0.15, 0.2) is 10.4 Å². The van der Waals surface area contributed by atoms with E-state index in [0.717, 1.165) is 11.1 Å². The van der Waals surface area contributed by atoms with Gasteiger partial charge in [0, 0.05) is 25.8 Å². The van der Waals surface area contributed by atoms with Crippen LogP contribution in [0.3, 0.4) is 0 Å². The van der Waals surface area contributed by atoms with Gasteiger partial charge in [0.05, 0.1) is 0 Å². The summed E-state index contributed by atoms with van der Waals surface area (Å²) >= 11 is 0. The lowest BCUT2D eigenvalue weighted by Crippen LogP contribution is -2.47. The van der Waals surface area contributed by atoms with E-state index >= 15 is 0 Å². The molecule has 2 aliphatic heterocycles. The molecule has 0 saturated heterocycles. The van der Waals surface area contributed by atoms with Crippen LogP contribution in [0.2, 0.25) is 0 Å². The maximum atomic E-state index is 12.7. The number of rotatable bonds is 2. The Morgan fingerprint density at radius 1 is 1.40 bits per heavy atom. The number of carbonyl (C=O) groups is 1. The SMILES string of the molecule is NC(=O)N1CC2=C(CNC2)C1S(=O)(=O)c1ccccn1. The molecule has 0 saturated carbocycles. The van der Waals surface area contributed by atoms with Crippen molar-refractivity contribution in [1.82, 2.24) is 15.2 Å². The van der Waals surface area contributed by atoms with Crippen molar-refractivity contribution < 1.29 is 13.2 Å². The molecule has 0 radical (unpaired) electrons. The molecule has 7 nitrogen and oxygen atoms in total. The number of carbonyl (C=O) groups excluding carboxylic acids is 1. The third-order valence-corrected chi connectivity index (χ3v) is 5.51. The summed E-state index contributed by atoms with van der Waals surface area (Å²) in [5.74, 6) is 0. The van der Waals surface area contributed by atoms with Gasteiger partial charge in [-0.15, -0.1) is 0 Å². The highest BCUT2D eigenvalue weighted by atomic mass is 32.2.